The van der Waals surface area contributed by atoms with E-state index < -0.39 is 31.1 Å². The van der Waals surface area contributed by atoms with Crippen LogP contribution in [0.25, 0.3) is 11.0 Å². The molecule has 0 aromatic carbocycles. The number of nitrogens with two attached hydrogens (primary N) is 2. The van der Waals surface area contributed by atoms with Crippen molar-refractivity contribution in [2.24, 2.45) is 5.73 Å². The predicted molar refractivity (Wildman–Crippen MR) is 80.8 cm³/mol. The number of aliphatic hydroxyl groups is 3. The molecule has 118 valence electrons. The Bertz CT molecular complexity index is 736. The fraction of sp³-hybridized carbons (Fsp3) is 0.417. The van der Waals surface area contributed by atoms with Gasteiger partial charge >= 0.3 is 0 Å². The molecule has 7 N–H and O–H groups in total. The number of thiocarbonyl (C=S) groups is 1. The molecule has 1 fully saturated rings. The highest BCUT2D eigenvalue weighted by Gasteiger charge is 2.44. The Kier molecular flexibility index (Phi) is 3.70. The van der Waals surface area contributed by atoms with Crippen molar-refractivity contribution in [1.29, 1.82) is 0 Å². The highest BCUT2D eigenvalue weighted by atomic mass is 32.1. The summed E-state index contributed by atoms with van der Waals surface area (Å²) in [5, 5.41) is 29.6. The lowest BCUT2D eigenvalue weighted by Crippen LogP contribution is -2.33. The molecule has 2 aromatic rings. The van der Waals surface area contributed by atoms with Gasteiger partial charge < -0.3 is 36.1 Å². The van der Waals surface area contributed by atoms with Gasteiger partial charge in [0, 0.05) is 11.8 Å². The van der Waals surface area contributed by atoms with Gasteiger partial charge in [0.15, 0.2) is 6.23 Å². The lowest BCUT2D eigenvalue weighted by molar-refractivity contribution is -0.0508. The number of hydrogen-bond donors (Lipinski definition) is 5. The summed E-state index contributed by atoms with van der Waals surface area (Å²) in [4.78, 5) is 8.12. The van der Waals surface area contributed by atoms with Gasteiger partial charge in [-0.15, -0.1) is 0 Å². The third-order valence-corrected chi connectivity index (χ3v) is 3.92. The number of nitrogens with zero attached hydrogens (tertiary/aromatic N) is 3. The van der Waals surface area contributed by atoms with E-state index in [0.29, 0.717) is 16.6 Å². The third kappa shape index (κ3) is 2.12. The summed E-state index contributed by atoms with van der Waals surface area (Å²) in [5.74, 6) is 0.193. The molecule has 10 heteroatoms. The zero-order valence-corrected chi connectivity index (χ0v) is 12.1. The van der Waals surface area contributed by atoms with Crippen LogP contribution in [0.15, 0.2) is 12.5 Å². The Hall–Kier alpha value is -1.85. The van der Waals surface area contributed by atoms with E-state index in [2.05, 4.69) is 9.97 Å². The molecule has 2 aromatic heterocycles. The first-order chi connectivity index (χ1) is 10.5. The molecule has 1 saturated heterocycles. The molecule has 0 spiro atoms. The van der Waals surface area contributed by atoms with Crippen LogP contribution >= 0.6 is 12.2 Å². The van der Waals surface area contributed by atoms with E-state index in [1.165, 1.54) is 10.9 Å². The number of nitrogen functional groups attached to an aromatic ring is 1. The maximum atomic E-state index is 10.1. The predicted octanol–water partition coefficient (Wildman–Crippen LogP) is -1.74. The van der Waals surface area contributed by atoms with Crippen LogP contribution in [0.1, 0.15) is 11.8 Å². The van der Waals surface area contributed by atoms with E-state index in [-0.39, 0.29) is 10.8 Å². The van der Waals surface area contributed by atoms with E-state index in [1.807, 2.05) is 0 Å². The van der Waals surface area contributed by atoms with Gasteiger partial charge in [-0.2, -0.15) is 0 Å². The largest absolute Gasteiger partial charge is 0.394 e. The zero-order valence-electron chi connectivity index (χ0n) is 11.3. The first-order valence-corrected chi connectivity index (χ1v) is 6.89. The van der Waals surface area contributed by atoms with Crippen LogP contribution in [-0.4, -0.2) is 59.8 Å². The molecule has 4 atom stereocenters. The smallest absolute Gasteiger partial charge is 0.164 e. The van der Waals surface area contributed by atoms with Crippen LogP contribution in [0, 0.1) is 0 Å². The van der Waals surface area contributed by atoms with Crippen molar-refractivity contribution in [2.75, 3.05) is 12.3 Å². The van der Waals surface area contributed by atoms with E-state index >= 15 is 0 Å². The highest BCUT2D eigenvalue weighted by molar-refractivity contribution is 7.80. The minimum atomic E-state index is -1.25. The highest BCUT2D eigenvalue weighted by Crippen LogP contribution is 2.34. The van der Waals surface area contributed by atoms with Crippen molar-refractivity contribution in [2.45, 2.75) is 24.5 Å². The number of hydrogen-bond acceptors (Lipinski definition) is 8. The number of anilines is 1. The minimum Gasteiger partial charge on any atom is -0.394 e. The summed E-state index contributed by atoms with van der Waals surface area (Å²) in [6.45, 7) is -0.423. The van der Waals surface area contributed by atoms with E-state index in [0.717, 1.165) is 0 Å². The summed E-state index contributed by atoms with van der Waals surface area (Å²) >= 11 is 5.00. The molecule has 9 nitrogen and oxygen atoms in total. The summed E-state index contributed by atoms with van der Waals surface area (Å²) in [5.41, 5.74) is 12.4. The van der Waals surface area contributed by atoms with Crippen LogP contribution in [0.2, 0.25) is 0 Å². The first kappa shape index (κ1) is 15.1. The van der Waals surface area contributed by atoms with Gasteiger partial charge in [-0.05, 0) is 0 Å². The Morgan fingerprint density at radius 3 is 2.68 bits per heavy atom. The topological polar surface area (TPSA) is 153 Å². The molecule has 0 amide bonds. The van der Waals surface area contributed by atoms with Gasteiger partial charge in [0.05, 0.1) is 12.0 Å². The number of rotatable bonds is 3. The lowest BCUT2D eigenvalue weighted by atomic mass is 10.1. The lowest BCUT2D eigenvalue weighted by Gasteiger charge is -2.17. The zero-order chi connectivity index (χ0) is 16.0. The third-order valence-electron chi connectivity index (χ3n) is 3.70. The molecule has 0 bridgehead atoms. The maximum absolute atomic E-state index is 10.1. The number of ether oxygens (including phenoxy) is 1. The number of aliphatic hydroxyl groups excluding tert-OH is 3. The van der Waals surface area contributed by atoms with Gasteiger partial charge in [0.2, 0.25) is 0 Å². The van der Waals surface area contributed by atoms with Gasteiger partial charge in [-0.3, -0.25) is 0 Å². The number of aromatic nitrogens is 3. The van der Waals surface area contributed by atoms with Gasteiger partial charge in [-0.25, -0.2) is 9.97 Å². The second-order valence-corrected chi connectivity index (χ2v) is 5.44. The molecule has 3 heterocycles. The molecule has 1 aliphatic heterocycles. The second kappa shape index (κ2) is 5.41. The van der Waals surface area contributed by atoms with E-state index in [4.69, 9.17) is 28.4 Å². The minimum absolute atomic E-state index is 0.0944. The van der Waals surface area contributed by atoms with Crippen molar-refractivity contribution in [3.8, 4) is 0 Å². The van der Waals surface area contributed by atoms with Crippen molar-refractivity contribution in [3.05, 3.63) is 18.1 Å². The summed E-state index contributed by atoms with van der Waals surface area (Å²) in [6, 6.07) is 0. The quantitative estimate of drug-likeness (QED) is 0.414. The van der Waals surface area contributed by atoms with Crippen molar-refractivity contribution in [3.63, 3.8) is 0 Å². The van der Waals surface area contributed by atoms with Gasteiger partial charge in [-0.1, -0.05) is 12.2 Å². The second-order valence-electron chi connectivity index (χ2n) is 5.00. The maximum Gasteiger partial charge on any atom is 0.164 e. The Morgan fingerprint density at radius 1 is 1.36 bits per heavy atom. The monoisotopic (exact) mass is 325 g/mol. The Labute approximate surface area is 130 Å². The van der Waals surface area contributed by atoms with Crippen LogP contribution < -0.4 is 11.5 Å². The van der Waals surface area contributed by atoms with Crippen LogP contribution in [0.5, 0.6) is 0 Å². The molecule has 1 aliphatic rings. The standard InChI is InChI=1S/C12H15N5O4S/c13-9-6-4(10(14)22)1-17(11(6)16-3-15-9)12-8(20)7(19)5(2-18)21-12/h1,3,5,7-8,12,18-20H,2H2,(H2,14,22)(H2,13,15,16)/t5-,7+,8+,12+/m0/s1. The Balaban J connectivity index is 2.16. The fourth-order valence-corrected chi connectivity index (χ4v) is 2.75. The molecule has 22 heavy (non-hydrogen) atoms. The average Bonchev–Trinajstić information content (AvgIpc) is 3.00. The SMILES string of the molecule is NC(=S)c1cn([C@@H]2O[C@@H](CO)[C@@H](O)[C@H]2O)c2ncnc(N)c12. The first-order valence-electron chi connectivity index (χ1n) is 6.49. The number of fused-ring (bicyclic) bond motifs is 1. The molecule has 0 unspecified atom stereocenters. The van der Waals surface area contributed by atoms with Crippen LogP contribution in [-0.2, 0) is 4.74 Å². The van der Waals surface area contributed by atoms with E-state index in [1.54, 1.807) is 6.20 Å². The van der Waals surface area contributed by atoms with E-state index in [9.17, 15) is 15.3 Å². The molecular formula is C12H15N5O4S. The molecular weight excluding hydrogens is 310 g/mol. The molecule has 0 radical (unpaired) electrons. The van der Waals surface area contributed by atoms with Gasteiger partial charge in [0.1, 0.15) is 41.1 Å². The fourth-order valence-electron chi connectivity index (χ4n) is 2.60. The molecule has 3 rings (SSSR count). The van der Waals surface area contributed by atoms with Crippen LogP contribution in [0.4, 0.5) is 5.82 Å². The summed E-state index contributed by atoms with van der Waals surface area (Å²) in [6.07, 6.45) is -1.52. The average molecular weight is 325 g/mol. The summed E-state index contributed by atoms with van der Waals surface area (Å²) in [7, 11) is 0. The normalized spacial score (nSPS) is 28.3. The van der Waals surface area contributed by atoms with Crippen molar-refractivity contribution < 1.29 is 20.1 Å². The summed E-state index contributed by atoms with van der Waals surface area (Å²) < 4.78 is 6.97. The van der Waals surface area contributed by atoms with Gasteiger partial charge in [0.25, 0.3) is 0 Å². The van der Waals surface area contributed by atoms with Crippen molar-refractivity contribution in [1.82, 2.24) is 14.5 Å². The molecule has 0 saturated carbocycles. The Morgan fingerprint density at radius 2 is 2.09 bits per heavy atom. The van der Waals surface area contributed by atoms with Crippen molar-refractivity contribution >= 4 is 34.1 Å². The van der Waals surface area contributed by atoms with Crippen LogP contribution in [0.3, 0.4) is 0 Å². The molecule has 0 aliphatic carbocycles.